The molecule has 4 nitrogen and oxygen atoms in total. The number of nitrogens with one attached hydrogen (secondary N) is 1. The Morgan fingerprint density at radius 1 is 1.04 bits per heavy atom. The number of rotatable bonds is 5. The summed E-state index contributed by atoms with van der Waals surface area (Å²) in [5, 5.41) is 3.44. The van der Waals surface area contributed by atoms with Gasteiger partial charge in [-0.3, -0.25) is 9.59 Å². The first kappa shape index (κ1) is 19.0. The molecule has 25 heavy (non-hydrogen) atoms. The fourth-order valence-corrected chi connectivity index (χ4v) is 2.99. The lowest BCUT2D eigenvalue weighted by Crippen LogP contribution is -2.33. The van der Waals surface area contributed by atoms with Crippen LogP contribution in [0.3, 0.4) is 0 Å². The highest BCUT2D eigenvalue weighted by Crippen LogP contribution is 2.25. The molecule has 132 valence electrons. The lowest BCUT2D eigenvalue weighted by Gasteiger charge is -2.25. The number of halogens is 1. The molecule has 0 fully saturated rings. The molecule has 0 heterocycles. The number of nitrogens with zero attached hydrogens (tertiary/aromatic N) is 1. The molecule has 0 atom stereocenters. The number of anilines is 2. The van der Waals surface area contributed by atoms with Crippen LogP contribution in [0.2, 0.25) is 5.02 Å². The maximum absolute atomic E-state index is 12.3. The highest BCUT2D eigenvalue weighted by atomic mass is 35.5. The van der Waals surface area contributed by atoms with E-state index in [0.717, 1.165) is 22.4 Å². The number of hydrogen-bond donors (Lipinski definition) is 1. The molecule has 0 saturated carbocycles. The first-order valence-corrected chi connectivity index (χ1v) is 8.57. The predicted molar refractivity (Wildman–Crippen MR) is 103 cm³/mol. The topological polar surface area (TPSA) is 49.4 Å². The van der Waals surface area contributed by atoms with Crippen molar-refractivity contribution in [3.63, 3.8) is 0 Å². The maximum atomic E-state index is 12.3. The highest BCUT2D eigenvalue weighted by Gasteiger charge is 2.17. The van der Waals surface area contributed by atoms with E-state index in [4.69, 9.17) is 11.6 Å². The van der Waals surface area contributed by atoms with E-state index in [1.165, 1.54) is 6.92 Å². The zero-order valence-electron chi connectivity index (χ0n) is 15.0. The summed E-state index contributed by atoms with van der Waals surface area (Å²) in [6.07, 6.45) is 0.208. The number of carbonyl (C=O) groups excluding carboxylic acids is 2. The Morgan fingerprint density at radius 3 is 2.28 bits per heavy atom. The Balaban J connectivity index is 2.10. The third kappa shape index (κ3) is 4.83. The number of carbonyl (C=O) groups is 2. The van der Waals surface area contributed by atoms with Crippen molar-refractivity contribution in [1.82, 2.24) is 0 Å². The molecule has 5 heteroatoms. The number of hydrogen-bond acceptors (Lipinski definition) is 2. The van der Waals surface area contributed by atoms with Crippen LogP contribution < -0.4 is 10.2 Å². The summed E-state index contributed by atoms with van der Waals surface area (Å²) in [6.45, 7) is 7.68. The average molecular weight is 359 g/mol. The van der Waals surface area contributed by atoms with Crippen LogP contribution in [0.1, 0.15) is 30.0 Å². The predicted octanol–water partition coefficient (Wildman–Crippen LogP) is 4.65. The van der Waals surface area contributed by atoms with Gasteiger partial charge in [0, 0.05) is 36.3 Å². The van der Waals surface area contributed by atoms with Crippen molar-refractivity contribution < 1.29 is 9.59 Å². The summed E-state index contributed by atoms with van der Waals surface area (Å²) < 4.78 is 0. The molecule has 0 spiro atoms. The van der Waals surface area contributed by atoms with Crippen LogP contribution in [0.5, 0.6) is 0 Å². The number of amides is 2. The van der Waals surface area contributed by atoms with Crippen LogP contribution >= 0.6 is 11.6 Å². The molecule has 2 aromatic rings. The van der Waals surface area contributed by atoms with Crippen molar-refractivity contribution in [3.8, 4) is 0 Å². The van der Waals surface area contributed by atoms with Gasteiger partial charge in [0.05, 0.1) is 0 Å². The first-order valence-electron chi connectivity index (χ1n) is 8.20. The van der Waals surface area contributed by atoms with E-state index in [1.807, 2.05) is 45.0 Å². The van der Waals surface area contributed by atoms with E-state index in [-0.39, 0.29) is 18.2 Å². The molecule has 0 aliphatic heterocycles. The van der Waals surface area contributed by atoms with Gasteiger partial charge >= 0.3 is 0 Å². The van der Waals surface area contributed by atoms with Crippen LogP contribution in [-0.2, 0) is 9.59 Å². The Morgan fingerprint density at radius 2 is 1.68 bits per heavy atom. The normalized spacial score (nSPS) is 10.4. The lowest BCUT2D eigenvalue weighted by molar-refractivity contribution is -0.117. The zero-order chi connectivity index (χ0) is 18.6. The van der Waals surface area contributed by atoms with Crippen LogP contribution in [0.4, 0.5) is 11.4 Å². The highest BCUT2D eigenvalue weighted by molar-refractivity contribution is 6.31. The standard InChI is InChI=1S/C20H23ClN2O2/c1-13-8-9-17(21)12-18(13)22-19(25)10-11-23(16(4)24)20-14(2)6-5-7-15(20)3/h5-9,12H,10-11H2,1-4H3,(H,22,25). The first-order chi connectivity index (χ1) is 11.8. The van der Waals surface area contributed by atoms with Gasteiger partial charge in [-0.05, 0) is 49.6 Å². The molecule has 1 N–H and O–H groups in total. The minimum Gasteiger partial charge on any atom is -0.326 e. The van der Waals surface area contributed by atoms with Gasteiger partial charge in [-0.25, -0.2) is 0 Å². The van der Waals surface area contributed by atoms with E-state index in [0.29, 0.717) is 17.3 Å². The molecule has 0 unspecified atom stereocenters. The van der Waals surface area contributed by atoms with Crippen molar-refractivity contribution in [2.24, 2.45) is 0 Å². The molecule has 0 aliphatic rings. The smallest absolute Gasteiger partial charge is 0.226 e. The van der Waals surface area contributed by atoms with Crippen LogP contribution in [-0.4, -0.2) is 18.4 Å². The van der Waals surface area contributed by atoms with E-state index < -0.39 is 0 Å². The second-order valence-electron chi connectivity index (χ2n) is 6.17. The Hall–Kier alpha value is -2.33. The van der Waals surface area contributed by atoms with Crippen LogP contribution in [0.25, 0.3) is 0 Å². The van der Waals surface area contributed by atoms with Crippen molar-refractivity contribution in [1.29, 1.82) is 0 Å². The van der Waals surface area contributed by atoms with Gasteiger partial charge in [0.25, 0.3) is 0 Å². The Labute approximate surface area is 153 Å². The largest absolute Gasteiger partial charge is 0.326 e. The van der Waals surface area contributed by atoms with Gasteiger partial charge in [0.1, 0.15) is 0 Å². The minimum atomic E-state index is -0.150. The van der Waals surface area contributed by atoms with E-state index in [1.54, 1.807) is 17.0 Å². The number of aryl methyl sites for hydroxylation is 3. The van der Waals surface area contributed by atoms with Crippen molar-refractivity contribution in [2.75, 3.05) is 16.8 Å². The maximum Gasteiger partial charge on any atom is 0.226 e. The van der Waals surface area contributed by atoms with E-state index >= 15 is 0 Å². The molecule has 0 radical (unpaired) electrons. The third-order valence-corrected chi connectivity index (χ3v) is 4.36. The second kappa shape index (κ2) is 8.17. The molecule has 0 bridgehead atoms. The number of benzene rings is 2. The molecule has 2 amide bonds. The van der Waals surface area contributed by atoms with Crippen molar-refractivity contribution in [3.05, 3.63) is 58.1 Å². The van der Waals surface area contributed by atoms with Crippen LogP contribution in [0, 0.1) is 20.8 Å². The summed E-state index contributed by atoms with van der Waals surface area (Å²) in [4.78, 5) is 26.1. The lowest BCUT2D eigenvalue weighted by atomic mass is 10.1. The minimum absolute atomic E-state index is 0.0795. The van der Waals surface area contributed by atoms with Gasteiger partial charge < -0.3 is 10.2 Å². The fourth-order valence-electron chi connectivity index (χ4n) is 2.81. The van der Waals surface area contributed by atoms with Gasteiger partial charge in [0.2, 0.25) is 11.8 Å². The summed E-state index contributed by atoms with van der Waals surface area (Å²) in [5.41, 5.74) is 4.54. The van der Waals surface area contributed by atoms with E-state index in [9.17, 15) is 9.59 Å². The van der Waals surface area contributed by atoms with Gasteiger partial charge in [-0.1, -0.05) is 35.9 Å². The molecule has 0 aliphatic carbocycles. The molecule has 2 aromatic carbocycles. The van der Waals surface area contributed by atoms with Gasteiger partial charge in [0.15, 0.2) is 0 Å². The Bertz CT molecular complexity index is 782. The summed E-state index contributed by atoms with van der Waals surface area (Å²) in [7, 11) is 0. The Kier molecular flexibility index (Phi) is 6.21. The second-order valence-corrected chi connectivity index (χ2v) is 6.60. The van der Waals surface area contributed by atoms with E-state index in [2.05, 4.69) is 5.32 Å². The van der Waals surface area contributed by atoms with Gasteiger partial charge in [-0.15, -0.1) is 0 Å². The summed E-state index contributed by atoms with van der Waals surface area (Å²) in [5.74, 6) is -0.230. The zero-order valence-corrected chi connectivity index (χ0v) is 15.8. The molecule has 2 rings (SSSR count). The molecule has 0 saturated heterocycles. The number of para-hydroxylation sites is 1. The quantitative estimate of drug-likeness (QED) is 0.845. The SMILES string of the molecule is CC(=O)N(CCC(=O)Nc1cc(Cl)ccc1C)c1c(C)cccc1C. The third-order valence-electron chi connectivity index (χ3n) is 4.13. The van der Waals surface area contributed by atoms with Crippen LogP contribution in [0.15, 0.2) is 36.4 Å². The molecular formula is C20H23ClN2O2. The van der Waals surface area contributed by atoms with Crippen molar-refractivity contribution >= 4 is 34.8 Å². The van der Waals surface area contributed by atoms with Crippen molar-refractivity contribution in [2.45, 2.75) is 34.1 Å². The summed E-state index contributed by atoms with van der Waals surface area (Å²) in [6, 6.07) is 11.3. The van der Waals surface area contributed by atoms with Gasteiger partial charge in [-0.2, -0.15) is 0 Å². The summed E-state index contributed by atoms with van der Waals surface area (Å²) >= 11 is 5.98. The fraction of sp³-hybridized carbons (Fsp3) is 0.300. The molecular weight excluding hydrogens is 336 g/mol. The molecule has 0 aromatic heterocycles. The average Bonchev–Trinajstić information content (AvgIpc) is 2.53. The monoisotopic (exact) mass is 358 g/mol.